The second-order valence-corrected chi connectivity index (χ2v) is 5.57. The number of likely N-dealkylation sites (tertiary alicyclic amines) is 1. The Bertz CT molecular complexity index is 434. The molecule has 2 fully saturated rings. The lowest BCUT2D eigenvalue weighted by atomic mass is 10.2. The minimum absolute atomic E-state index is 0.142. The van der Waals surface area contributed by atoms with Gasteiger partial charge in [0.2, 0.25) is 5.91 Å². The molecule has 0 radical (unpaired) electrons. The summed E-state index contributed by atoms with van der Waals surface area (Å²) in [5, 5.41) is 3.24. The molecule has 120 valence electrons. The van der Waals surface area contributed by atoms with Gasteiger partial charge >= 0.3 is 0 Å². The number of amides is 1. The third kappa shape index (κ3) is 5.15. The minimum Gasteiger partial charge on any atom is -0.463 e. The van der Waals surface area contributed by atoms with Gasteiger partial charge < -0.3 is 15.0 Å². The zero-order valence-corrected chi connectivity index (χ0v) is 12.9. The molecule has 5 heteroatoms. The number of nitrogens with one attached hydrogen (secondary N) is 1. The van der Waals surface area contributed by atoms with Gasteiger partial charge in [0, 0.05) is 13.1 Å². The van der Waals surface area contributed by atoms with E-state index in [1.165, 1.54) is 12.8 Å². The zero-order chi connectivity index (χ0) is 15.6. The number of hydrogen-bond donors (Lipinski definition) is 1. The number of rotatable bonds is 4. The van der Waals surface area contributed by atoms with Gasteiger partial charge in [-0.15, -0.1) is 0 Å². The van der Waals surface area contributed by atoms with Crippen LogP contribution in [0.15, 0.2) is 30.3 Å². The van der Waals surface area contributed by atoms with Crippen LogP contribution in [0.3, 0.4) is 0 Å². The van der Waals surface area contributed by atoms with Crippen molar-refractivity contribution in [3.63, 3.8) is 0 Å². The van der Waals surface area contributed by atoms with Gasteiger partial charge in [0.15, 0.2) is 0 Å². The fourth-order valence-electron chi connectivity index (χ4n) is 2.76. The lowest BCUT2D eigenvalue weighted by Crippen LogP contribution is -2.42. The molecule has 2 aliphatic heterocycles. The van der Waals surface area contributed by atoms with Crippen LogP contribution in [0.25, 0.3) is 0 Å². The monoisotopic (exact) mass is 304 g/mol. The summed E-state index contributed by atoms with van der Waals surface area (Å²) in [6.45, 7) is 3.80. The summed E-state index contributed by atoms with van der Waals surface area (Å²) in [4.78, 5) is 23.5. The van der Waals surface area contributed by atoms with Crippen LogP contribution in [0, 0.1) is 0 Å². The smallest absolute Gasteiger partial charge is 0.293 e. The molecule has 3 rings (SSSR count). The average Bonchev–Trinajstić information content (AvgIpc) is 3.27. The van der Waals surface area contributed by atoms with Gasteiger partial charge in [0.25, 0.3) is 6.47 Å². The van der Waals surface area contributed by atoms with Crippen molar-refractivity contribution in [1.82, 2.24) is 10.2 Å². The van der Waals surface area contributed by atoms with Crippen LogP contribution in [0.4, 0.5) is 0 Å². The number of nitrogens with zero attached hydrogens (tertiary/aromatic N) is 1. The first kappa shape index (κ1) is 16.5. The highest BCUT2D eigenvalue weighted by Gasteiger charge is 2.27. The first-order valence-corrected chi connectivity index (χ1v) is 7.92. The third-order valence-electron chi connectivity index (χ3n) is 3.94. The summed E-state index contributed by atoms with van der Waals surface area (Å²) in [7, 11) is 0. The number of ether oxygens (including phenoxy) is 1. The molecule has 1 atom stereocenters. The Hall–Kier alpha value is -1.88. The second-order valence-electron chi connectivity index (χ2n) is 5.57. The number of hydrogen-bond acceptors (Lipinski definition) is 4. The van der Waals surface area contributed by atoms with E-state index in [1.807, 2.05) is 35.2 Å². The summed E-state index contributed by atoms with van der Waals surface area (Å²) in [6.07, 6.45) is 4.58. The molecule has 1 amide bonds. The van der Waals surface area contributed by atoms with Crippen LogP contribution in [0.5, 0.6) is 0 Å². The van der Waals surface area contributed by atoms with Crippen LogP contribution in [-0.2, 0) is 20.9 Å². The molecule has 0 spiro atoms. The second kappa shape index (κ2) is 9.20. The SMILES string of the molecule is O=C([C@H]1CCCN1)N1CCCC1.O=COCc1ccccc1. The molecule has 5 nitrogen and oxygen atoms in total. The van der Waals surface area contributed by atoms with E-state index in [1.54, 1.807) is 0 Å². The summed E-state index contributed by atoms with van der Waals surface area (Å²) >= 11 is 0. The van der Waals surface area contributed by atoms with Gasteiger partial charge in [-0.25, -0.2) is 0 Å². The summed E-state index contributed by atoms with van der Waals surface area (Å²) in [6, 6.07) is 9.69. The molecule has 1 aromatic carbocycles. The Balaban J connectivity index is 0.000000164. The molecular formula is C17H24N2O3. The number of carbonyl (C=O) groups excluding carboxylic acids is 2. The molecule has 22 heavy (non-hydrogen) atoms. The van der Waals surface area contributed by atoms with E-state index in [2.05, 4.69) is 10.1 Å². The largest absolute Gasteiger partial charge is 0.463 e. The van der Waals surface area contributed by atoms with Crippen molar-refractivity contribution in [2.24, 2.45) is 0 Å². The number of carbonyl (C=O) groups is 2. The van der Waals surface area contributed by atoms with E-state index in [0.717, 1.165) is 38.0 Å². The number of benzene rings is 1. The summed E-state index contributed by atoms with van der Waals surface area (Å²) in [5.74, 6) is 0.338. The predicted molar refractivity (Wildman–Crippen MR) is 84.1 cm³/mol. The first-order valence-electron chi connectivity index (χ1n) is 7.92. The van der Waals surface area contributed by atoms with Gasteiger partial charge in [0.05, 0.1) is 6.04 Å². The van der Waals surface area contributed by atoms with Crippen LogP contribution in [0.1, 0.15) is 31.2 Å². The molecule has 0 unspecified atom stereocenters. The zero-order valence-electron chi connectivity index (χ0n) is 12.9. The molecule has 2 heterocycles. The highest BCUT2D eigenvalue weighted by molar-refractivity contribution is 5.82. The minimum atomic E-state index is 0.142. The molecule has 0 aliphatic carbocycles. The molecule has 1 aromatic rings. The van der Waals surface area contributed by atoms with Crippen LogP contribution < -0.4 is 5.32 Å². The van der Waals surface area contributed by atoms with Crippen LogP contribution in [0.2, 0.25) is 0 Å². The van der Waals surface area contributed by atoms with Crippen LogP contribution in [-0.4, -0.2) is 43.0 Å². The van der Waals surface area contributed by atoms with E-state index >= 15 is 0 Å². The van der Waals surface area contributed by atoms with E-state index < -0.39 is 0 Å². The first-order chi connectivity index (χ1) is 10.8. The lowest BCUT2D eigenvalue weighted by Gasteiger charge is -2.19. The Kier molecular flexibility index (Phi) is 6.90. The van der Waals surface area contributed by atoms with Crippen molar-refractivity contribution in [2.45, 2.75) is 38.3 Å². The topological polar surface area (TPSA) is 58.6 Å². The Morgan fingerprint density at radius 3 is 2.55 bits per heavy atom. The van der Waals surface area contributed by atoms with Gasteiger partial charge in [-0.05, 0) is 37.8 Å². The predicted octanol–water partition coefficient (Wildman–Crippen LogP) is 1.72. The molecule has 1 N–H and O–H groups in total. The fourth-order valence-corrected chi connectivity index (χ4v) is 2.76. The molecule has 0 aromatic heterocycles. The van der Waals surface area contributed by atoms with E-state index in [0.29, 0.717) is 19.0 Å². The standard InChI is InChI=1S/C9H16N2O.C8H8O2/c12-9(8-4-3-5-10-8)11-6-1-2-7-11;9-7-10-6-8-4-2-1-3-5-8/h8,10H,1-7H2;1-5,7H,6H2/t8-;/m1./s1. The molecule has 2 aliphatic rings. The van der Waals surface area contributed by atoms with Crippen molar-refractivity contribution in [3.05, 3.63) is 35.9 Å². The molecular weight excluding hydrogens is 280 g/mol. The lowest BCUT2D eigenvalue weighted by molar-refractivity contribution is -0.132. The molecule has 2 saturated heterocycles. The average molecular weight is 304 g/mol. The fraction of sp³-hybridized carbons (Fsp3) is 0.529. The quantitative estimate of drug-likeness (QED) is 0.861. The molecule has 0 bridgehead atoms. The van der Waals surface area contributed by atoms with Crippen molar-refractivity contribution in [2.75, 3.05) is 19.6 Å². The van der Waals surface area contributed by atoms with Crippen molar-refractivity contribution < 1.29 is 14.3 Å². The summed E-state index contributed by atoms with van der Waals surface area (Å²) in [5.41, 5.74) is 1.01. The van der Waals surface area contributed by atoms with Crippen LogP contribution >= 0.6 is 0 Å². The van der Waals surface area contributed by atoms with Gasteiger partial charge in [0.1, 0.15) is 6.61 Å². The van der Waals surface area contributed by atoms with E-state index in [-0.39, 0.29) is 6.04 Å². The Morgan fingerprint density at radius 1 is 1.23 bits per heavy atom. The van der Waals surface area contributed by atoms with Gasteiger partial charge in [-0.3, -0.25) is 9.59 Å². The normalized spacial score (nSPS) is 20.2. The van der Waals surface area contributed by atoms with Crippen molar-refractivity contribution in [1.29, 1.82) is 0 Å². The maximum absolute atomic E-state index is 11.7. The van der Waals surface area contributed by atoms with Crippen molar-refractivity contribution in [3.8, 4) is 0 Å². The van der Waals surface area contributed by atoms with Crippen molar-refractivity contribution >= 4 is 12.4 Å². The summed E-state index contributed by atoms with van der Waals surface area (Å²) < 4.78 is 4.54. The Labute approximate surface area is 131 Å². The van der Waals surface area contributed by atoms with Gasteiger partial charge in [-0.1, -0.05) is 30.3 Å². The van der Waals surface area contributed by atoms with E-state index in [4.69, 9.17) is 0 Å². The van der Waals surface area contributed by atoms with E-state index in [9.17, 15) is 9.59 Å². The maximum atomic E-state index is 11.7. The maximum Gasteiger partial charge on any atom is 0.293 e. The highest BCUT2D eigenvalue weighted by Crippen LogP contribution is 2.13. The highest BCUT2D eigenvalue weighted by atomic mass is 16.5. The van der Waals surface area contributed by atoms with Gasteiger partial charge in [-0.2, -0.15) is 0 Å². The Morgan fingerprint density at radius 2 is 1.95 bits per heavy atom. The third-order valence-corrected chi connectivity index (χ3v) is 3.94. The molecule has 0 saturated carbocycles.